The Hall–Kier alpha value is -4.06. The fourth-order valence-electron chi connectivity index (χ4n) is 4.77. The van der Waals surface area contributed by atoms with Crippen molar-refractivity contribution < 1.29 is 23.6 Å². The maximum Gasteiger partial charge on any atom is 0.274 e. The van der Waals surface area contributed by atoms with Crippen molar-refractivity contribution in [1.29, 1.82) is 0 Å². The largest absolute Gasteiger partial charge is 0.443 e. The SMILES string of the molecule is Cc1oc2nc1C(=O)N[C@H](C)c1nc(cs1)C(=O)N[C@H](Cc1ccccc1)CN(C(=O)C(C)C)CC(=O)N[C@H]2C(C)C. The van der Waals surface area contributed by atoms with E-state index in [9.17, 15) is 19.2 Å². The summed E-state index contributed by atoms with van der Waals surface area (Å²) in [6.07, 6.45) is 0.437. The third-order valence-corrected chi connectivity index (χ3v) is 8.02. The smallest absolute Gasteiger partial charge is 0.274 e. The third kappa shape index (κ3) is 7.41. The highest BCUT2D eigenvalue weighted by molar-refractivity contribution is 7.09. The average Bonchev–Trinajstić information content (AvgIpc) is 3.58. The molecular formula is C30H38N6O5S. The Bertz CT molecular complexity index is 1430. The van der Waals surface area contributed by atoms with Gasteiger partial charge in [0.1, 0.15) is 22.5 Å². The highest BCUT2D eigenvalue weighted by Gasteiger charge is 2.31. The lowest BCUT2D eigenvalue weighted by Crippen LogP contribution is -2.51. The summed E-state index contributed by atoms with van der Waals surface area (Å²) in [6, 6.07) is 7.99. The monoisotopic (exact) mass is 594 g/mol. The molecule has 3 heterocycles. The van der Waals surface area contributed by atoms with Crippen LogP contribution >= 0.6 is 11.3 Å². The molecule has 0 saturated heterocycles. The molecule has 3 N–H and O–H groups in total. The molecule has 1 aliphatic heterocycles. The molecule has 224 valence electrons. The minimum absolute atomic E-state index is 0.104. The zero-order chi connectivity index (χ0) is 30.6. The van der Waals surface area contributed by atoms with Gasteiger partial charge in [-0.05, 0) is 31.7 Å². The lowest BCUT2D eigenvalue weighted by molar-refractivity contribution is -0.139. The van der Waals surface area contributed by atoms with Gasteiger partial charge in [0.05, 0.1) is 18.6 Å². The summed E-state index contributed by atoms with van der Waals surface area (Å²) in [4.78, 5) is 63.6. The highest BCUT2D eigenvalue weighted by atomic mass is 32.1. The van der Waals surface area contributed by atoms with Crippen molar-refractivity contribution in [2.45, 2.75) is 66.1 Å². The maximum atomic E-state index is 13.4. The van der Waals surface area contributed by atoms with Crippen LogP contribution in [0.5, 0.6) is 0 Å². The molecule has 0 aliphatic carbocycles. The van der Waals surface area contributed by atoms with Crippen LogP contribution in [0.25, 0.3) is 0 Å². The van der Waals surface area contributed by atoms with Gasteiger partial charge in [0.2, 0.25) is 17.7 Å². The first-order valence-electron chi connectivity index (χ1n) is 14.1. The summed E-state index contributed by atoms with van der Waals surface area (Å²) < 4.78 is 5.86. The Balaban J connectivity index is 1.74. The fraction of sp³-hybridized carbons (Fsp3) is 0.467. The fourth-order valence-corrected chi connectivity index (χ4v) is 5.57. The van der Waals surface area contributed by atoms with Gasteiger partial charge in [-0.1, -0.05) is 58.0 Å². The summed E-state index contributed by atoms with van der Waals surface area (Å²) in [5.74, 6) is -1.46. The molecule has 4 rings (SSSR count). The summed E-state index contributed by atoms with van der Waals surface area (Å²) >= 11 is 1.26. The van der Waals surface area contributed by atoms with Crippen LogP contribution in [0.2, 0.25) is 0 Å². The van der Waals surface area contributed by atoms with E-state index < -0.39 is 35.8 Å². The second-order valence-electron chi connectivity index (χ2n) is 11.2. The van der Waals surface area contributed by atoms with Crippen LogP contribution in [0.3, 0.4) is 0 Å². The minimum Gasteiger partial charge on any atom is -0.443 e. The summed E-state index contributed by atoms with van der Waals surface area (Å²) in [5.41, 5.74) is 1.28. The quantitative estimate of drug-likeness (QED) is 0.418. The second-order valence-corrected chi connectivity index (χ2v) is 12.1. The van der Waals surface area contributed by atoms with Crippen LogP contribution in [-0.4, -0.2) is 57.6 Å². The Kier molecular flexibility index (Phi) is 9.77. The maximum absolute atomic E-state index is 13.4. The molecule has 1 aliphatic rings. The third-order valence-electron chi connectivity index (χ3n) is 6.99. The predicted octanol–water partition coefficient (Wildman–Crippen LogP) is 3.58. The van der Waals surface area contributed by atoms with Gasteiger partial charge in [0, 0.05) is 17.8 Å². The second kappa shape index (κ2) is 13.3. The van der Waals surface area contributed by atoms with Crippen LogP contribution in [0.15, 0.2) is 40.1 Å². The number of carbonyl (C=O) groups excluding carboxylic acids is 4. The number of nitrogens with zero attached hydrogens (tertiary/aromatic N) is 3. The van der Waals surface area contributed by atoms with E-state index in [4.69, 9.17) is 4.42 Å². The number of benzene rings is 1. The molecule has 3 atom stereocenters. The van der Waals surface area contributed by atoms with Gasteiger partial charge < -0.3 is 25.3 Å². The molecule has 2 aromatic heterocycles. The van der Waals surface area contributed by atoms with Gasteiger partial charge in [-0.3, -0.25) is 19.2 Å². The van der Waals surface area contributed by atoms with Crippen molar-refractivity contribution in [3.05, 3.63) is 69.3 Å². The number of nitrogens with one attached hydrogen (secondary N) is 3. The Morgan fingerprint density at radius 1 is 1.05 bits per heavy atom. The summed E-state index contributed by atoms with van der Waals surface area (Å²) in [7, 11) is 0. The molecular weight excluding hydrogens is 556 g/mol. The first-order chi connectivity index (χ1) is 19.9. The first-order valence-corrected chi connectivity index (χ1v) is 15.0. The number of aromatic nitrogens is 2. The van der Waals surface area contributed by atoms with Crippen molar-refractivity contribution in [2.75, 3.05) is 13.1 Å². The number of amides is 4. The summed E-state index contributed by atoms with van der Waals surface area (Å²) in [6.45, 7) is 10.6. The predicted molar refractivity (Wildman–Crippen MR) is 158 cm³/mol. The Morgan fingerprint density at radius 2 is 1.76 bits per heavy atom. The molecule has 12 heteroatoms. The van der Waals surface area contributed by atoms with Crippen LogP contribution in [-0.2, 0) is 16.0 Å². The Labute approximate surface area is 249 Å². The number of hydrogen-bond donors (Lipinski definition) is 3. The van der Waals surface area contributed by atoms with Gasteiger partial charge in [-0.25, -0.2) is 9.97 Å². The molecule has 42 heavy (non-hydrogen) atoms. The van der Waals surface area contributed by atoms with E-state index in [1.165, 1.54) is 16.2 Å². The van der Waals surface area contributed by atoms with E-state index in [2.05, 4.69) is 25.9 Å². The van der Waals surface area contributed by atoms with E-state index >= 15 is 0 Å². The topological polar surface area (TPSA) is 147 Å². The number of oxazole rings is 1. The lowest BCUT2D eigenvalue weighted by atomic mass is 10.0. The average molecular weight is 595 g/mol. The molecule has 11 nitrogen and oxygen atoms in total. The number of fused-ring (bicyclic) bond motifs is 4. The Morgan fingerprint density at radius 3 is 2.43 bits per heavy atom. The molecule has 0 saturated carbocycles. The van der Waals surface area contributed by atoms with Gasteiger partial charge in [0.15, 0.2) is 5.69 Å². The van der Waals surface area contributed by atoms with E-state index in [0.717, 1.165) is 5.56 Å². The lowest BCUT2D eigenvalue weighted by Gasteiger charge is -2.30. The number of thiazole rings is 1. The number of hydrogen-bond acceptors (Lipinski definition) is 8. The molecule has 3 aromatic rings. The van der Waals surface area contributed by atoms with Gasteiger partial charge in [-0.2, -0.15) is 0 Å². The summed E-state index contributed by atoms with van der Waals surface area (Å²) in [5, 5.41) is 11.0. The normalized spacial score (nSPS) is 20.5. The van der Waals surface area contributed by atoms with Crippen molar-refractivity contribution in [1.82, 2.24) is 30.8 Å². The van der Waals surface area contributed by atoms with Crippen LogP contribution in [0, 0.1) is 18.8 Å². The van der Waals surface area contributed by atoms with Crippen molar-refractivity contribution in [2.24, 2.45) is 11.8 Å². The first kappa shape index (κ1) is 30.9. The molecule has 0 radical (unpaired) electrons. The zero-order valence-corrected chi connectivity index (χ0v) is 25.6. The molecule has 0 fully saturated rings. The van der Waals surface area contributed by atoms with Gasteiger partial charge in [0.25, 0.3) is 11.8 Å². The minimum atomic E-state index is -0.633. The van der Waals surface area contributed by atoms with Crippen molar-refractivity contribution in [3.8, 4) is 0 Å². The van der Waals surface area contributed by atoms with Crippen molar-refractivity contribution in [3.63, 3.8) is 0 Å². The van der Waals surface area contributed by atoms with Crippen LogP contribution in [0.1, 0.15) is 89.9 Å². The van der Waals surface area contributed by atoms with Crippen LogP contribution < -0.4 is 16.0 Å². The standard InChI is InChI=1S/C30H38N6O5S/c1-16(2)24-28-35-25(19(6)41-28)27(39)31-18(5)29-33-22(15-42-29)26(38)32-21(12-20-10-8-7-9-11-20)13-36(14-23(37)34-24)30(40)17(3)4/h7-11,15-18,21,24H,12-14H2,1-6H3,(H,31,39)(H,32,38)(H,34,37)/t18-,21-,24+/m1/s1. The molecule has 1 aromatic carbocycles. The number of aryl methyl sites for hydroxylation is 1. The molecule has 0 unspecified atom stereocenters. The van der Waals surface area contributed by atoms with E-state index in [1.54, 1.807) is 33.1 Å². The van der Waals surface area contributed by atoms with E-state index in [-0.39, 0.29) is 48.1 Å². The zero-order valence-electron chi connectivity index (χ0n) is 24.8. The highest BCUT2D eigenvalue weighted by Crippen LogP contribution is 2.25. The van der Waals surface area contributed by atoms with Gasteiger partial charge in [-0.15, -0.1) is 11.3 Å². The van der Waals surface area contributed by atoms with Crippen LogP contribution in [0.4, 0.5) is 0 Å². The number of rotatable bonds is 4. The van der Waals surface area contributed by atoms with E-state index in [1.807, 2.05) is 44.2 Å². The van der Waals surface area contributed by atoms with Gasteiger partial charge >= 0.3 is 0 Å². The number of carbonyl (C=O) groups is 4. The molecule has 0 spiro atoms. The molecule has 4 bridgehead atoms. The van der Waals surface area contributed by atoms with Crippen molar-refractivity contribution >= 4 is 35.0 Å². The molecule has 4 amide bonds. The van der Waals surface area contributed by atoms with E-state index in [0.29, 0.717) is 17.2 Å².